The number of hydrogen-bond donors (Lipinski definition) is 2. The second kappa shape index (κ2) is 7.27. The first-order valence-corrected chi connectivity index (χ1v) is 8.12. The summed E-state index contributed by atoms with van der Waals surface area (Å²) in [4.78, 5) is 23.4. The van der Waals surface area contributed by atoms with Crippen LogP contribution in [0.4, 0.5) is 0 Å². The fourth-order valence-electron chi connectivity index (χ4n) is 2.77. The average molecular weight is 375 g/mol. The van der Waals surface area contributed by atoms with E-state index in [1.54, 1.807) is 18.2 Å². The summed E-state index contributed by atoms with van der Waals surface area (Å²) in [5.74, 6) is -1.41. The van der Waals surface area contributed by atoms with Gasteiger partial charge in [-0.2, -0.15) is 0 Å². The standard InChI is InChI=1S/C15H17BrClNO3/c16-10-5-6-13(17)12(7-10)14(19)18-8-9-3-1-2-4-11(9)15(20)21/h5-7,9,11H,1-4,8H2,(H,18,19)(H,20,21). The van der Waals surface area contributed by atoms with Crippen molar-refractivity contribution < 1.29 is 14.7 Å². The topological polar surface area (TPSA) is 66.4 Å². The Kier molecular flexibility index (Phi) is 5.65. The maximum Gasteiger partial charge on any atom is 0.306 e. The van der Waals surface area contributed by atoms with Gasteiger partial charge >= 0.3 is 5.97 Å². The van der Waals surface area contributed by atoms with Gasteiger partial charge in [0.05, 0.1) is 16.5 Å². The summed E-state index contributed by atoms with van der Waals surface area (Å²) < 4.78 is 0.776. The molecule has 1 aliphatic carbocycles. The number of carboxylic acid groups (broad SMARTS) is 1. The predicted octanol–water partition coefficient (Wildman–Crippen LogP) is 3.72. The molecule has 0 heterocycles. The number of nitrogens with one attached hydrogen (secondary N) is 1. The van der Waals surface area contributed by atoms with Gasteiger partial charge in [-0.15, -0.1) is 0 Å². The van der Waals surface area contributed by atoms with Gasteiger partial charge in [0.1, 0.15) is 0 Å². The van der Waals surface area contributed by atoms with E-state index >= 15 is 0 Å². The van der Waals surface area contributed by atoms with E-state index in [9.17, 15) is 14.7 Å². The molecule has 0 radical (unpaired) electrons. The van der Waals surface area contributed by atoms with Crippen LogP contribution in [0.2, 0.25) is 5.02 Å². The average Bonchev–Trinajstić information content (AvgIpc) is 2.47. The highest BCUT2D eigenvalue weighted by Gasteiger charge is 2.30. The first-order valence-electron chi connectivity index (χ1n) is 6.95. The van der Waals surface area contributed by atoms with E-state index in [1.165, 1.54) is 0 Å². The van der Waals surface area contributed by atoms with Crippen molar-refractivity contribution in [1.29, 1.82) is 0 Å². The summed E-state index contributed by atoms with van der Waals surface area (Å²) in [7, 11) is 0. The molecule has 0 saturated heterocycles. The van der Waals surface area contributed by atoms with Crippen LogP contribution in [0.1, 0.15) is 36.0 Å². The highest BCUT2D eigenvalue weighted by atomic mass is 79.9. The molecule has 1 saturated carbocycles. The van der Waals surface area contributed by atoms with Gasteiger partial charge in [-0.1, -0.05) is 40.4 Å². The maximum absolute atomic E-state index is 12.2. The molecular formula is C15H17BrClNO3. The molecule has 0 spiro atoms. The summed E-state index contributed by atoms with van der Waals surface area (Å²) in [6.07, 6.45) is 3.48. The van der Waals surface area contributed by atoms with Crippen molar-refractivity contribution in [3.05, 3.63) is 33.3 Å². The Hall–Kier alpha value is -1.07. The number of hydrogen-bond acceptors (Lipinski definition) is 2. The molecular weight excluding hydrogens is 358 g/mol. The van der Waals surface area contributed by atoms with E-state index in [1.807, 2.05) is 0 Å². The van der Waals surface area contributed by atoms with Crippen molar-refractivity contribution in [2.24, 2.45) is 11.8 Å². The van der Waals surface area contributed by atoms with Crippen molar-refractivity contribution in [3.63, 3.8) is 0 Å². The molecule has 21 heavy (non-hydrogen) atoms. The van der Waals surface area contributed by atoms with E-state index in [2.05, 4.69) is 21.2 Å². The lowest BCUT2D eigenvalue weighted by molar-refractivity contribution is -0.144. The fraction of sp³-hybridized carbons (Fsp3) is 0.467. The monoisotopic (exact) mass is 373 g/mol. The molecule has 6 heteroatoms. The maximum atomic E-state index is 12.2. The van der Waals surface area contributed by atoms with Crippen LogP contribution in [0.5, 0.6) is 0 Å². The third-order valence-corrected chi connectivity index (χ3v) is 4.75. The SMILES string of the molecule is O=C(NCC1CCCCC1C(=O)O)c1cc(Br)ccc1Cl. The molecule has 0 aliphatic heterocycles. The van der Waals surface area contributed by atoms with Crippen molar-refractivity contribution in [2.45, 2.75) is 25.7 Å². The Labute approximate surface area is 137 Å². The fourth-order valence-corrected chi connectivity index (χ4v) is 3.33. The third-order valence-electron chi connectivity index (χ3n) is 3.92. The van der Waals surface area contributed by atoms with Crippen molar-refractivity contribution >= 4 is 39.4 Å². The number of carbonyl (C=O) groups excluding carboxylic acids is 1. The second-order valence-electron chi connectivity index (χ2n) is 5.32. The van der Waals surface area contributed by atoms with Crippen LogP contribution in [0, 0.1) is 11.8 Å². The molecule has 2 rings (SSSR count). The van der Waals surface area contributed by atoms with Crippen LogP contribution in [-0.2, 0) is 4.79 Å². The number of carbonyl (C=O) groups is 2. The zero-order chi connectivity index (χ0) is 15.4. The van der Waals surface area contributed by atoms with Crippen molar-refractivity contribution in [3.8, 4) is 0 Å². The van der Waals surface area contributed by atoms with Crippen LogP contribution in [0.3, 0.4) is 0 Å². The first-order chi connectivity index (χ1) is 9.99. The number of aliphatic carboxylic acids is 1. The van der Waals surface area contributed by atoms with Crippen LogP contribution < -0.4 is 5.32 Å². The Balaban J connectivity index is 1.99. The second-order valence-corrected chi connectivity index (χ2v) is 6.65. The molecule has 1 aromatic rings. The Morgan fingerprint density at radius 3 is 2.76 bits per heavy atom. The van der Waals surface area contributed by atoms with E-state index in [4.69, 9.17) is 11.6 Å². The van der Waals surface area contributed by atoms with Crippen molar-refractivity contribution in [1.82, 2.24) is 5.32 Å². The summed E-state index contributed by atoms with van der Waals surface area (Å²) in [6, 6.07) is 5.08. The quantitative estimate of drug-likeness (QED) is 0.844. The lowest BCUT2D eigenvalue weighted by Crippen LogP contribution is -2.37. The molecule has 1 aromatic carbocycles. The minimum Gasteiger partial charge on any atom is -0.481 e. The van der Waals surface area contributed by atoms with Gasteiger partial charge in [0, 0.05) is 11.0 Å². The lowest BCUT2D eigenvalue weighted by Gasteiger charge is -2.28. The molecule has 0 aromatic heterocycles. The van der Waals surface area contributed by atoms with Crippen LogP contribution >= 0.6 is 27.5 Å². The first kappa shape index (κ1) is 16.3. The Morgan fingerprint density at radius 2 is 2.05 bits per heavy atom. The van der Waals surface area contributed by atoms with Gasteiger partial charge < -0.3 is 10.4 Å². The molecule has 2 N–H and O–H groups in total. The molecule has 4 nitrogen and oxygen atoms in total. The van der Waals surface area contributed by atoms with Gasteiger partial charge in [0.2, 0.25) is 0 Å². The van der Waals surface area contributed by atoms with Crippen LogP contribution in [0.15, 0.2) is 22.7 Å². The molecule has 114 valence electrons. The van der Waals surface area contributed by atoms with Gasteiger partial charge in [-0.25, -0.2) is 0 Å². The number of benzene rings is 1. The molecule has 1 amide bonds. The van der Waals surface area contributed by atoms with E-state index in [0.29, 0.717) is 23.6 Å². The minimum atomic E-state index is -0.769. The number of halogens is 2. The zero-order valence-corrected chi connectivity index (χ0v) is 13.8. The van der Waals surface area contributed by atoms with Crippen LogP contribution in [-0.4, -0.2) is 23.5 Å². The van der Waals surface area contributed by atoms with Crippen LogP contribution in [0.25, 0.3) is 0 Å². The van der Waals surface area contributed by atoms with Crippen molar-refractivity contribution in [2.75, 3.05) is 6.54 Å². The highest BCUT2D eigenvalue weighted by Crippen LogP contribution is 2.30. The zero-order valence-electron chi connectivity index (χ0n) is 11.4. The Bertz CT molecular complexity index is 550. The van der Waals surface area contributed by atoms with E-state index < -0.39 is 5.97 Å². The molecule has 1 aliphatic rings. The minimum absolute atomic E-state index is 0.00821. The normalized spacial score (nSPS) is 21.8. The molecule has 2 unspecified atom stereocenters. The van der Waals surface area contributed by atoms with Gasteiger partial charge in [-0.05, 0) is 37.0 Å². The molecule has 0 bridgehead atoms. The van der Waals surface area contributed by atoms with Gasteiger partial charge in [0.25, 0.3) is 5.91 Å². The molecule has 2 atom stereocenters. The molecule has 1 fully saturated rings. The van der Waals surface area contributed by atoms with E-state index in [-0.39, 0.29) is 17.7 Å². The Morgan fingerprint density at radius 1 is 1.33 bits per heavy atom. The number of carboxylic acids is 1. The smallest absolute Gasteiger partial charge is 0.306 e. The summed E-state index contributed by atoms with van der Waals surface area (Å²) in [5, 5.41) is 12.4. The lowest BCUT2D eigenvalue weighted by atomic mass is 9.79. The highest BCUT2D eigenvalue weighted by molar-refractivity contribution is 9.10. The summed E-state index contributed by atoms with van der Waals surface area (Å²) >= 11 is 9.32. The summed E-state index contributed by atoms with van der Waals surface area (Å²) in [5.41, 5.74) is 0.397. The van der Waals surface area contributed by atoms with E-state index in [0.717, 1.165) is 23.7 Å². The van der Waals surface area contributed by atoms with Gasteiger partial charge in [-0.3, -0.25) is 9.59 Å². The summed E-state index contributed by atoms with van der Waals surface area (Å²) in [6.45, 7) is 0.374. The largest absolute Gasteiger partial charge is 0.481 e. The number of amides is 1. The predicted molar refractivity (Wildman–Crippen MR) is 84.6 cm³/mol. The number of rotatable bonds is 4. The third kappa shape index (κ3) is 4.20. The van der Waals surface area contributed by atoms with Gasteiger partial charge in [0.15, 0.2) is 0 Å².